The van der Waals surface area contributed by atoms with Crippen molar-refractivity contribution in [3.05, 3.63) is 78.0 Å². The summed E-state index contributed by atoms with van der Waals surface area (Å²) in [6.07, 6.45) is 1.67. The van der Waals surface area contributed by atoms with Crippen molar-refractivity contribution in [3.8, 4) is 11.5 Å². The highest BCUT2D eigenvalue weighted by atomic mass is 32.2. The van der Waals surface area contributed by atoms with Crippen LogP contribution in [0.5, 0.6) is 11.5 Å². The summed E-state index contributed by atoms with van der Waals surface area (Å²) in [5.41, 5.74) is 1.34. The second kappa shape index (κ2) is 8.61. The summed E-state index contributed by atoms with van der Waals surface area (Å²) in [4.78, 5) is 16.3. The number of anilines is 2. The number of nitrogens with zero attached hydrogens (tertiary/aromatic N) is 1. The number of hydrogen-bond donors (Lipinski definition) is 4. The topological polar surface area (TPSA) is 129 Å². The van der Waals surface area contributed by atoms with E-state index >= 15 is 0 Å². The number of aromatic hydroxyl groups is 2. The number of phenolic OH excluding ortho intramolecular Hbond substituents is 2. The van der Waals surface area contributed by atoms with Crippen molar-refractivity contribution in [2.75, 3.05) is 15.8 Å². The van der Waals surface area contributed by atoms with Gasteiger partial charge in [-0.15, -0.1) is 0 Å². The molecule has 0 aliphatic carbocycles. The van der Waals surface area contributed by atoms with Gasteiger partial charge in [0.25, 0.3) is 5.91 Å². The summed E-state index contributed by atoms with van der Waals surface area (Å²) in [6.45, 7) is 0. The zero-order valence-electron chi connectivity index (χ0n) is 15.2. The van der Waals surface area contributed by atoms with Crippen molar-refractivity contribution in [3.63, 3.8) is 0 Å². The van der Waals surface area contributed by atoms with E-state index in [-0.39, 0.29) is 34.3 Å². The number of carbonyl (C=O) groups excluding carboxylic acids is 1. The maximum atomic E-state index is 12.4. The van der Waals surface area contributed by atoms with Gasteiger partial charge in [0.15, 0.2) is 11.5 Å². The molecule has 0 radical (unpaired) electrons. The molecule has 0 saturated carbocycles. The first kappa shape index (κ1) is 20.2. The fraction of sp³-hybridized carbons (Fsp3) is 0.100. The number of aryl methyl sites for hydroxylation is 1. The number of carbonyl (C=O) groups is 1. The molecule has 3 aromatic rings. The summed E-state index contributed by atoms with van der Waals surface area (Å²) < 4.78 is 27.0. The molecule has 150 valence electrons. The van der Waals surface area contributed by atoms with Crippen LogP contribution in [0, 0.1) is 0 Å². The van der Waals surface area contributed by atoms with Gasteiger partial charge in [0, 0.05) is 23.5 Å². The van der Waals surface area contributed by atoms with Crippen LogP contribution in [0.1, 0.15) is 15.9 Å². The number of sulfonamides is 1. The molecule has 2 aromatic carbocycles. The van der Waals surface area contributed by atoms with Gasteiger partial charge in [-0.3, -0.25) is 9.52 Å². The highest BCUT2D eigenvalue weighted by Crippen LogP contribution is 2.27. The quantitative estimate of drug-likeness (QED) is 0.348. The number of benzene rings is 2. The van der Waals surface area contributed by atoms with E-state index in [9.17, 15) is 23.4 Å². The lowest BCUT2D eigenvalue weighted by Crippen LogP contribution is -2.19. The van der Waals surface area contributed by atoms with E-state index in [4.69, 9.17) is 0 Å². The molecule has 1 heterocycles. The molecule has 0 aliphatic heterocycles. The maximum absolute atomic E-state index is 12.4. The molecule has 0 fully saturated rings. The molecule has 0 atom stereocenters. The Hall–Kier alpha value is -3.59. The number of phenols is 2. The molecule has 29 heavy (non-hydrogen) atoms. The summed E-state index contributed by atoms with van der Waals surface area (Å²) in [7, 11) is -3.65. The standard InChI is InChI=1S/C20H19N3O5S/c24-17-7-6-16(13-18(17)25)22-20(26)15-8-10-21-19(12-15)23-29(27,28)11-9-14-4-2-1-3-5-14/h1-8,10,12-13,24-25H,9,11H2,(H,21,23)(H,22,26). The van der Waals surface area contributed by atoms with Gasteiger partial charge in [0.05, 0.1) is 5.75 Å². The van der Waals surface area contributed by atoms with Crippen LogP contribution in [0.15, 0.2) is 66.9 Å². The third-order valence-electron chi connectivity index (χ3n) is 4.02. The third-order valence-corrected chi connectivity index (χ3v) is 5.28. The Kier molecular flexibility index (Phi) is 5.99. The Morgan fingerprint density at radius 3 is 2.45 bits per heavy atom. The average molecular weight is 413 g/mol. The smallest absolute Gasteiger partial charge is 0.255 e. The van der Waals surface area contributed by atoms with Gasteiger partial charge in [-0.05, 0) is 36.2 Å². The Morgan fingerprint density at radius 2 is 1.72 bits per heavy atom. The Labute approximate surface area is 167 Å². The van der Waals surface area contributed by atoms with Crippen LogP contribution in [0.25, 0.3) is 0 Å². The lowest BCUT2D eigenvalue weighted by molar-refractivity contribution is 0.102. The highest BCUT2D eigenvalue weighted by Gasteiger charge is 2.14. The minimum Gasteiger partial charge on any atom is -0.504 e. The SMILES string of the molecule is O=C(Nc1ccc(O)c(O)c1)c1ccnc(NS(=O)(=O)CCc2ccccc2)c1. The largest absolute Gasteiger partial charge is 0.504 e. The molecule has 0 spiro atoms. The third kappa shape index (κ3) is 5.69. The lowest BCUT2D eigenvalue weighted by atomic mass is 10.2. The Morgan fingerprint density at radius 1 is 0.966 bits per heavy atom. The van der Waals surface area contributed by atoms with Crippen LogP contribution >= 0.6 is 0 Å². The fourth-order valence-corrected chi connectivity index (χ4v) is 3.58. The zero-order valence-corrected chi connectivity index (χ0v) is 16.1. The Bertz CT molecular complexity index is 1120. The first-order valence-electron chi connectivity index (χ1n) is 8.66. The number of rotatable bonds is 7. The minimum atomic E-state index is -3.65. The minimum absolute atomic E-state index is 0.0271. The van der Waals surface area contributed by atoms with E-state index in [1.54, 1.807) is 0 Å². The van der Waals surface area contributed by atoms with Crippen molar-refractivity contribution >= 4 is 27.4 Å². The second-order valence-corrected chi connectivity index (χ2v) is 8.09. The van der Waals surface area contributed by atoms with Crippen LogP contribution < -0.4 is 10.0 Å². The van der Waals surface area contributed by atoms with Gasteiger partial charge in [-0.1, -0.05) is 30.3 Å². The Balaban J connectivity index is 1.66. The summed E-state index contributed by atoms with van der Waals surface area (Å²) in [6, 6.07) is 15.8. The fourth-order valence-electron chi connectivity index (χ4n) is 2.54. The van der Waals surface area contributed by atoms with E-state index in [2.05, 4.69) is 15.0 Å². The molecule has 1 amide bonds. The molecule has 4 N–H and O–H groups in total. The van der Waals surface area contributed by atoms with E-state index < -0.39 is 15.9 Å². The molecule has 8 nitrogen and oxygen atoms in total. The van der Waals surface area contributed by atoms with Crippen molar-refractivity contribution in [2.45, 2.75) is 6.42 Å². The predicted molar refractivity (Wildman–Crippen MR) is 110 cm³/mol. The molecule has 0 unspecified atom stereocenters. The molecule has 0 saturated heterocycles. The number of amides is 1. The first-order valence-corrected chi connectivity index (χ1v) is 10.3. The summed E-state index contributed by atoms with van der Waals surface area (Å²) >= 11 is 0. The molecule has 0 aliphatic rings. The van der Waals surface area contributed by atoms with E-state index in [1.807, 2.05) is 30.3 Å². The number of nitrogens with one attached hydrogen (secondary N) is 2. The molecule has 3 rings (SSSR count). The second-order valence-electron chi connectivity index (χ2n) is 6.24. The predicted octanol–water partition coefficient (Wildman–Crippen LogP) is 2.73. The van der Waals surface area contributed by atoms with Crippen molar-refractivity contribution in [1.29, 1.82) is 0 Å². The monoisotopic (exact) mass is 413 g/mol. The van der Waals surface area contributed by atoms with Gasteiger partial charge in [-0.25, -0.2) is 13.4 Å². The average Bonchev–Trinajstić information content (AvgIpc) is 2.70. The summed E-state index contributed by atoms with van der Waals surface area (Å²) in [5.74, 6) is -1.30. The normalized spacial score (nSPS) is 11.0. The number of hydrogen-bond acceptors (Lipinski definition) is 6. The number of aromatic nitrogens is 1. The number of pyridine rings is 1. The molecule has 9 heteroatoms. The van der Waals surface area contributed by atoms with Gasteiger partial charge in [-0.2, -0.15) is 0 Å². The van der Waals surface area contributed by atoms with Crippen molar-refractivity contribution in [1.82, 2.24) is 4.98 Å². The highest BCUT2D eigenvalue weighted by molar-refractivity contribution is 7.92. The van der Waals surface area contributed by atoms with Crippen LogP contribution in [0.4, 0.5) is 11.5 Å². The van der Waals surface area contributed by atoms with E-state index in [0.29, 0.717) is 6.42 Å². The maximum Gasteiger partial charge on any atom is 0.255 e. The van der Waals surface area contributed by atoms with Crippen LogP contribution in [0.3, 0.4) is 0 Å². The zero-order chi connectivity index (χ0) is 20.9. The van der Waals surface area contributed by atoms with E-state index in [0.717, 1.165) is 5.56 Å². The molecule has 1 aromatic heterocycles. The van der Waals surface area contributed by atoms with Crippen LogP contribution in [-0.2, 0) is 16.4 Å². The molecular weight excluding hydrogens is 394 g/mol. The molecule has 0 bridgehead atoms. The van der Waals surface area contributed by atoms with Crippen molar-refractivity contribution in [2.24, 2.45) is 0 Å². The van der Waals surface area contributed by atoms with Gasteiger partial charge < -0.3 is 15.5 Å². The van der Waals surface area contributed by atoms with Crippen LogP contribution in [0.2, 0.25) is 0 Å². The van der Waals surface area contributed by atoms with Gasteiger partial charge in [0.2, 0.25) is 10.0 Å². The van der Waals surface area contributed by atoms with Gasteiger partial charge in [0.1, 0.15) is 5.82 Å². The van der Waals surface area contributed by atoms with Crippen LogP contribution in [-0.4, -0.2) is 35.3 Å². The summed E-state index contributed by atoms with van der Waals surface area (Å²) in [5, 5.41) is 21.4. The lowest BCUT2D eigenvalue weighted by Gasteiger charge is -2.10. The first-order chi connectivity index (χ1) is 13.8. The van der Waals surface area contributed by atoms with E-state index in [1.165, 1.54) is 36.5 Å². The van der Waals surface area contributed by atoms with Gasteiger partial charge >= 0.3 is 0 Å². The molecular formula is C20H19N3O5S. The van der Waals surface area contributed by atoms with Crippen molar-refractivity contribution < 1.29 is 23.4 Å².